The summed E-state index contributed by atoms with van der Waals surface area (Å²) in [6, 6.07) is 4.78. The summed E-state index contributed by atoms with van der Waals surface area (Å²) >= 11 is 6.03. The second-order valence-corrected chi connectivity index (χ2v) is 7.10. The summed E-state index contributed by atoms with van der Waals surface area (Å²) < 4.78 is 0. The zero-order chi connectivity index (χ0) is 18.0. The quantitative estimate of drug-likeness (QED) is 0.859. The first-order valence-electron chi connectivity index (χ1n) is 8.60. The number of nitrogens with zero attached hydrogens (tertiary/aromatic N) is 1. The summed E-state index contributed by atoms with van der Waals surface area (Å²) in [5.41, 5.74) is 0.745. The highest BCUT2D eigenvalue weighted by molar-refractivity contribution is 6.31. The fourth-order valence-electron chi connectivity index (χ4n) is 3.41. The monoisotopic (exact) mass is 364 g/mol. The van der Waals surface area contributed by atoms with Crippen molar-refractivity contribution < 1.29 is 19.5 Å². The van der Waals surface area contributed by atoms with Crippen molar-refractivity contribution >= 4 is 35.1 Å². The maximum atomic E-state index is 12.8. The number of hydrogen-bond acceptors (Lipinski definition) is 3. The molecular weight excluding hydrogens is 344 g/mol. The van der Waals surface area contributed by atoms with Crippen LogP contribution in [0.25, 0.3) is 0 Å². The lowest BCUT2D eigenvalue weighted by Gasteiger charge is -2.32. The normalized spacial score (nSPS) is 22.8. The van der Waals surface area contributed by atoms with E-state index in [0.717, 1.165) is 19.3 Å². The van der Waals surface area contributed by atoms with Gasteiger partial charge in [0.15, 0.2) is 0 Å². The molecule has 1 saturated carbocycles. The van der Waals surface area contributed by atoms with Gasteiger partial charge in [-0.1, -0.05) is 11.6 Å². The van der Waals surface area contributed by atoms with E-state index in [1.165, 1.54) is 0 Å². The maximum Gasteiger partial charge on any atom is 0.307 e. The molecule has 0 radical (unpaired) electrons. The molecule has 134 valence electrons. The predicted molar refractivity (Wildman–Crippen MR) is 93.7 cm³/mol. The van der Waals surface area contributed by atoms with Crippen LogP contribution in [-0.2, 0) is 9.59 Å². The first kappa shape index (κ1) is 17.7. The van der Waals surface area contributed by atoms with Gasteiger partial charge in [-0.25, -0.2) is 0 Å². The van der Waals surface area contributed by atoms with Gasteiger partial charge in [0.05, 0.1) is 23.1 Å². The molecule has 1 aromatic carbocycles. The Morgan fingerprint density at radius 3 is 2.36 bits per heavy atom. The number of benzene rings is 1. The van der Waals surface area contributed by atoms with Crippen molar-refractivity contribution in [1.29, 1.82) is 0 Å². The first-order valence-corrected chi connectivity index (χ1v) is 8.97. The van der Waals surface area contributed by atoms with Gasteiger partial charge in [-0.2, -0.15) is 0 Å². The van der Waals surface area contributed by atoms with Crippen LogP contribution >= 0.6 is 11.6 Å². The molecule has 2 atom stereocenters. The van der Waals surface area contributed by atoms with Crippen LogP contribution < -0.4 is 5.32 Å². The minimum atomic E-state index is -0.956. The second-order valence-electron chi connectivity index (χ2n) is 6.66. The summed E-state index contributed by atoms with van der Waals surface area (Å²) in [5.74, 6) is -2.67. The van der Waals surface area contributed by atoms with E-state index in [2.05, 4.69) is 5.32 Å². The number of carboxylic acid groups (broad SMARTS) is 1. The van der Waals surface area contributed by atoms with E-state index in [1.54, 1.807) is 23.1 Å². The third-order valence-electron chi connectivity index (χ3n) is 5.04. The Labute approximate surface area is 151 Å². The number of hydrogen-bond donors (Lipinski definition) is 2. The molecule has 0 spiro atoms. The third kappa shape index (κ3) is 3.79. The van der Waals surface area contributed by atoms with Crippen LogP contribution in [0.1, 0.15) is 42.5 Å². The van der Waals surface area contributed by atoms with Gasteiger partial charge in [-0.05, 0) is 50.3 Å². The lowest BCUT2D eigenvalue weighted by Crippen LogP contribution is -2.41. The number of likely N-dealkylation sites (tertiary alicyclic amines) is 1. The number of aliphatic carboxylic acids is 1. The van der Waals surface area contributed by atoms with E-state index in [1.807, 2.05) is 0 Å². The SMILES string of the molecule is O=C(O)C1CCC1C(=O)Nc1cc(Cl)ccc1C(=O)N1CCCCC1. The highest BCUT2D eigenvalue weighted by Gasteiger charge is 2.41. The van der Waals surface area contributed by atoms with Gasteiger partial charge in [0.2, 0.25) is 5.91 Å². The number of nitrogens with one attached hydrogen (secondary N) is 1. The molecule has 0 bridgehead atoms. The largest absolute Gasteiger partial charge is 0.481 e. The molecular formula is C18H21ClN2O4. The molecule has 1 saturated heterocycles. The standard InChI is InChI=1S/C18H21ClN2O4/c19-11-4-5-14(17(23)21-8-2-1-3-9-21)15(10-11)20-16(22)12-6-7-13(12)18(24)25/h4-5,10,12-13H,1-3,6-9H2,(H,20,22)(H,24,25). The number of carbonyl (C=O) groups is 3. The van der Waals surface area contributed by atoms with E-state index < -0.39 is 17.8 Å². The fraction of sp³-hybridized carbons (Fsp3) is 0.500. The van der Waals surface area contributed by atoms with E-state index in [9.17, 15) is 14.4 Å². The van der Waals surface area contributed by atoms with Crippen molar-refractivity contribution in [2.75, 3.05) is 18.4 Å². The molecule has 2 N–H and O–H groups in total. The second kappa shape index (κ2) is 7.44. The Morgan fingerprint density at radius 1 is 1.08 bits per heavy atom. The van der Waals surface area contributed by atoms with Crippen molar-refractivity contribution in [2.24, 2.45) is 11.8 Å². The first-order chi connectivity index (χ1) is 12.0. The Morgan fingerprint density at radius 2 is 1.76 bits per heavy atom. The van der Waals surface area contributed by atoms with Crippen LogP contribution in [0.3, 0.4) is 0 Å². The van der Waals surface area contributed by atoms with Gasteiger partial charge in [0, 0.05) is 18.1 Å². The van der Waals surface area contributed by atoms with Crippen LogP contribution in [0.4, 0.5) is 5.69 Å². The summed E-state index contributed by atoms with van der Waals surface area (Å²) in [7, 11) is 0. The van der Waals surface area contributed by atoms with Gasteiger partial charge in [0.25, 0.3) is 5.91 Å². The Bertz CT molecular complexity index is 700. The number of rotatable bonds is 4. The zero-order valence-corrected chi connectivity index (χ0v) is 14.6. The topological polar surface area (TPSA) is 86.7 Å². The molecule has 1 aliphatic carbocycles. The zero-order valence-electron chi connectivity index (χ0n) is 13.8. The van der Waals surface area contributed by atoms with Crippen molar-refractivity contribution in [1.82, 2.24) is 4.90 Å². The number of carbonyl (C=O) groups excluding carboxylic acids is 2. The van der Waals surface area contributed by atoms with Crippen LogP contribution in [0.5, 0.6) is 0 Å². The average molecular weight is 365 g/mol. The lowest BCUT2D eigenvalue weighted by atomic mass is 9.73. The Balaban J connectivity index is 1.78. The van der Waals surface area contributed by atoms with E-state index >= 15 is 0 Å². The van der Waals surface area contributed by atoms with Crippen molar-refractivity contribution in [3.63, 3.8) is 0 Å². The molecule has 0 aromatic heterocycles. The van der Waals surface area contributed by atoms with E-state index in [0.29, 0.717) is 42.2 Å². The molecule has 25 heavy (non-hydrogen) atoms. The predicted octanol–water partition coefficient (Wildman–Crippen LogP) is 3.02. The third-order valence-corrected chi connectivity index (χ3v) is 5.28. The summed E-state index contributed by atoms with van der Waals surface area (Å²) in [5, 5.41) is 12.2. The van der Waals surface area contributed by atoms with Gasteiger partial charge in [-0.15, -0.1) is 0 Å². The molecule has 7 heteroatoms. The highest BCUT2D eigenvalue weighted by atomic mass is 35.5. The Hall–Kier alpha value is -2.08. The smallest absolute Gasteiger partial charge is 0.307 e. The van der Waals surface area contributed by atoms with Gasteiger partial charge in [-0.3, -0.25) is 14.4 Å². The number of piperidine rings is 1. The number of anilines is 1. The van der Waals surface area contributed by atoms with Crippen LogP contribution in [0.2, 0.25) is 5.02 Å². The lowest BCUT2D eigenvalue weighted by molar-refractivity contribution is -0.151. The van der Waals surface area contributed by atoms with Gasteiger partial charge in [0.1, 0.15) is 0 Å². The van der Waals surface area contributed by atoms with E-state index in [4.69, 9.17) is 16.7 Å². The Kier molecular flexibility index (Phi) is 5.27. The van der Waals surface area contributed by atoms with Crippen molar-refractivity contribution in [2.45, 2.75) is 32.1 Å². The van der Waals surface area contributed by atoms with Crippen LogP contribution in [0.15, 0.2) is 18.2 Å². The van der Waals surface area contributed by atoms with Crippen LogP contribution in [0, 0.1) is 11.8 Å². The van der Waals surface area contributed by atoms with E-state index in [-0.39, 0.29) is 11.8 Å². The molecule has 3 rings (SSSR count). The van der Waals surface area contributed by atoms with Gasteiger partial charge >= 0.3 is 5.97 Å². The molecule has 2 fully saturated rings. The number of amides is 2. The molecule has 1 aliphatic heterocycles. The minimum absolute atomic E-state index is 0.130. The average Bonchev–Trinajstić information content (AvgIpc) is 2.53. The molecule has 6 nitrogen and oxygen atoms in total. The van der Waals surface area contributed by atoms with Crippen LogP contribution in [-0.4, -0.2) is 40.9 Å². The minimum Gasteiger partial charge on any atom is -0.481 e. The molecule has 1 heterocycles. The summed E-state index contributed by atoms with van der Waals surface area (Å²) in [6.45, 7) is 1.41. The summed E-state index contributed by atoms with van der Waals surface area (Å²) in [4.78, 5) is 38.1. The van der Waals surface area contributed by atoms with Gasteiger partial charge < -0.3 is 15.3 Å². The molecule has 1 aromatic rings. The molecule has 2 aliphatic rings. The van der Waals surface area contributed by atoms with Crippen molar-refractivity contribution in [3.05, 3.63) is 28.8 Å². The number of carboxylic acids is 1. The maximum absolute atomic E-state index is 12.8. The fourth-order valence-corrected chi connectivity index (χ4v) is 3.58. The number of halogens is 1. The molecule has 2 unspecified atom stereocenters. The molecule has 2 amide bonds. The summed E-state index contributed by atoms with van der Waals surface area (Å²) in [6.07, 6.45) is 4.11. The highest BCUT2D eigenvalue weighted by Crippen LogP contribution is 2.36. The van der Waals surface area contributed by atoms with Crippen molar-refractivity contribution in [3.8, 4) is 0 Å².